The molecule has 0 bridgehead atoms. The molecule has 3 heteroatoms. The number of hydrogen-bond donors (Lipinski definition) is 1. The summed E-state index contributed by atoms with van der Waals surface area (Å²) in [5, 5.41) is 9.87. The molecule has 1 saturated heterocycles. The van der Waals surface area contributed by atoms with Gasteiger partial charge in [0.15, 0.2) is 0 Å². The van der Waals surface area contributed by atoms with E-state index in [4.69, 9.17) is 5.41 Å². The summed E-state index contributed by atoms with van der Waals surface area (Å²) in [4.78, 5) is 3.57. The second kappa shape index (κ2) is 3.50. The van der Waals surface area contributed by atoms with Gasteiger partial charge in [0.25, 0.3) is 0 Å². The van der Waals surface area contributed by atoms with Gasteiger partial charge < -0.3 is 4.90 Å². The third-order valence-electron chi connectivity index (χ3n) is 2.58. The van der Waals surface area contributed by atoms with Gasteiger partial charge in [0, 0.05) is 17.8 Å². The molecule has 70 valence electrons. The van der Waals surface area contributed by atoms with E-state index in [9.17, 15) is 0 Å². The van der Waals surface area contributed by atoms with E-state index in [0.717, 1.165) is 25.2 Å². The molecule has 0 spiro atoms. The Bertz CT molecular complexity index is 292. The summed E-state index contributed by atoms with van der Waals surface area (Å²) in [5.41, 5.74) is 0. The first-order valence-electron chi connectivity index (χ1n) is 4.66. The fourth-order valence-corrected chi connectivity index (χ4v) is 2.60. The first-order valence-corrected chi connectivity index (χ1v) is 5.54. The van der Waals surface area contributed by atoms with Crippen LogP contribution in [-0.2, 0) is 0 Å². The summed E-state index contributed by atoms with van der Waals surface area (Å²) < 4.78 is 0. The van der Waals surface area contributed by atoms with Crippen molar-refractivity contribution >= 4 is 17.2 Å². The highest BCUT2D eigenvalue weighted by atomic mass is 32.1. The summed E-state index contributed by atoms with van der Waals surface area (Å²) in [6.07, 6.45) is 2.10. The zero-order chi connectivity index (χ0) is 9.26. The molecule has 1 fully saturated rings. The van der Waals surface area contributed by atoms with Gasteiger partial charge in [-0.3, -0.25) is 5.41 Å². The smallest absolute Gasteiger partial charge is 0.0963 e. The van der Waals surface area contributed by atoms with Gasteiger partial charge in [-0.05, 0) is 24.8 Å². The predicted octanol–water partition coefficient (Wildman–Crippen LogP) is 2.88. The van der Waals surface area contributed by atoms with Crippen LogP contribution in [0.25, 0.3) is 0 Å². The van der Waals surface area contributed by atoms with Gasteiger partial charge in [0.2, 0.25) is 0 Å². The lowest BCUT2D eigenvalue weighted by Gasteiger charge is -2.24. The van der Waals surface area contributed by atoms with Crippen LogP contribution in [0, 0.1) is 5.41 Å². The van der Waals surface area contributed by atoms with Crippen molar-refractivity contribution in [1.29, 1.82) is 5.41 Å². The fraction of sp³-hybridized carbons (Fsp3) is 0.500. The van der Waals surface area contributed by atoms with Gasteiger partial charge >= 0.3 is 0 Å². The molecular weight excluding hydrogens is 180 g/mol. The number of hydrogen-bond acceptors (Lipinski definition) is 2. The fourth-order valence-electron chi connectivity index (χ4n) is 1.81. The molecule has 1 aliphatic heterocycles. The highest BCUT2D eigenvalue weighted by Crippen LogP contribution is 2.28. The quantitative estimate of drug-likeness (QED) is 0.770. The second-order valence-corrected chi connectivity index (χ2v) is 4.41. The van der Waals surface area contributed by atoms with Crippen molar-refractivity contribution in [3.05, 3.63) is 22.4 Å². The number of rotatable bonds is 2. The SMILES string of the molecule is CC(c1cccs1)N1CCCC1=N. The Morgan fingerprint density at radius 3 is 3.00 bits per heavy atom. The van der Waals surface area contributed by atoms with Crippen molar-refractivity contribution in [2.24, 2.45) is 0 Å². The minimum Gasteiger partial charge on any atom is -0.353 e. The van der Waals surface area contributed by atoms with Gasteiger partial charge in [-0.1, -0.05) is 6.07 Å². The lowest BCUT2D eigenvalue weighted by atomic mass is 10.2. The summed E-state index contributed by atoms with van der Waals surface area (Å²) in [6, 6.07) is 4.63. The van der Waals surface area contributed by atoms with E-state index in [1.54, 1.807) is 11.3 Å². The van der Waals surface area contributed by atoms with Crippen LogP contribution in [0.1, 0.15) is 30.7 Å². The number of nitrogens with zero attached hydrogens (tertiary/aromatic N) is 1. The first kappa shape index (κ1) is 8.75. The molecule has 13 heavy (non-hydrogen) atoms. The molecular formula is C10H14N2S. The first-order chi connectivity index (χ1) is 6.29. The van der Waals surface area contributed by atoms with E-state index >= 15 is 0 Å². The highest BCUT2D eigenvalue weighted by molar-refractivity contribution is 7.10. The third kappa shape index (κ3) is 1.61. The topological polar surface area (TPSA) is 27.1 Å². The molecule has 1 aromatic rings. The number of likely N-dealkylation sites (tertiary alicyclic amines) is 1. The lowest BCUT2D eigenvalue weighted by molar-refractivity contribution is 0.367. The van der Waals surface area contributed by atoms with E-state index in [0.29, 0.717) is 6.04 Å². The van der Waals surface area contributed by atoms with Gasteiger partial charge in [0.05, 0.1) is 11.9 Å². The summed E-state index contributed by atoms with van der Waals surface area (Å²) in [5.74, 6) is 0.806. The minimum absolute atomic E-state index is 0.398. The number of amidine groups is 1. The van der Waals surface area contributed by atoms with Gasteiger partial charge in [0.1, 0.15) is 0 Å². The Kier molecular flexibility index (Phi) is 2.36. The maximum atomic E-state index is 7.77. The molecule has 0 aromatic carbocycles. The molecule has 2 rings (SSSR count). The summed E-state index contributed by atoms with van der Waals surface area (Å²) in [6.45, 7) is 3.24. The monoisotopic (exact) mass is 194 g/mol. The Morgan fingerprint density at radius 2 is 2.46 bits per heavy atom. The van der Waals surface area contributed by atoms with Crippen LogP contribution < -0.4 is 0 Å². The molecule has 1 aliphatic rings. The molecule has 1 unspecified atom stereocenters. The van der Waals surface area contributed by atoms with Crippen molar-refractivity contribution in [2.45, 2.75) is 25.8 Å². The average molecular weight is 194 g/mol. The van der Waals surface area contributed by atoms with E-state index in [1.165, 1.54) is 4.88 Å². The summed E-state index contributed by atoms with van der Waals surface area (Å²) >= 11 is 1.78. The normalized spacial score (nSPS) is 19.5. The van der Waals surface area contributed by atoms with Crippen molar-refractivity contribution in [3.63, 3.8) is 0 Å². The maximum absolute atomic E-state index is 7.77. The number of nitrogens with one attached hydrogen (secondary N) is 1. The lowest BCUT2D eigenvalue weighted by Crippen LogP contribution is -2.26. The van der Waals surface area contributed by atoms with Crippen LogP contribution in [-0.4, -0.2) is 17.3 Å². The van der Waals surface area contributed by atoms with Crippen LogP contribution in [0.3, 0.4) is 0 Å². The molecule has 2 nitrogen and oxygen atoms in total. The van der Waals surface area contributed by atoms with Crippen LogP contribution in [0.2, 0.25) is 0 Å². The van der Waals surface area contributed by atoms with E-state index in [-0.39, 0.29) is 0 Å². The van der Waals surface area contributed by atoms with Crippen LogP contribution in [0.5, 0.6) is 0 Å². The maximum Gasteiger partial charge on any atom is 0.0963 e. The number of thiophene rings is 1. The van der Waals surface area contributed by atoms with Crippen molar-refractivity contribution < 1.29 is 0 Å². The minimum atomic E-state index is 0.398. The molecule has 1 aromatic heterocycles. The van der Waals surface area contributed by atoms with Crippen molar-refractivity contribution in [3.8, 4) is 0 Å². The second-order valence-electron chi connectivity index (χ2n) is 3.44. The highest BCUT2D eigenvalue weighted by Gasteiger charge is 2.23. The van der Waals surface area contributed by atoms with Crippen LogP contribution >= 0.6 is 11.3 Å². The van der Waals surface area contributed by atoms with E-state index in [2.05, 4.69) is 29.3 Å². The van der Waals surface area contributed by atoms with Crippen LogP contribution in [0.15, 0.2) is 17.5 Å². The largest absolute Gasteiger partial charge is 0.353 e. The van der Waals surface area contributed by atoms with Gasteiger partial charge in [-0.25, -0.2) is 0 Å². The van der Waals surface area contributed by atoms with Crippen LogP contribution in [0.4, 0.5) is 0 Å². The zero-order valence-electron chi connectivity index (χ0n) is 7.79. The van der Waals surface area contributed by atoms with Gasteiger partial charge in [-0.15, -0.1) is 11.3 Å². The predicted molar refractivity (Wildman–Crippen MR) is 56.4 cm³/mol. The van der Waals surface area contributed by atoms with E-state index < -0.39 is 0 Å². The molecule has 1 N–H and O–H groups in total. The Hall–Kier alpha value is -0.830. The molecule has 0 amide bonds. The molecule has 1 atom stereocenters. The third-order valence-corrected chi connectivity index (χ3v) is 3.62. The molecule has 2 heterocycles. The van der Waals surface area contributed by atoms with Gasteiger partial charge in [-0.2, -0.15) is 0 Å². The molecule has 0 saturated carbocycles. The summed E-state index contributed by atoms with van der Waals surface area (Å²) in [7, 11) is 0. The molecule has 0 aliphatic carbocycles. The average Bonchev–Trinajstić information content (AvgIpc) is 2.72. The Balaban J connectivity index is 2.13. The van der Waals surface area contributed by atoms with Crippen molar-refractivity contribution in [1.82, 2.24) is 4.90 Å². The molecule has 0 radical (unpaired) electrons. The van der Waals surface area contributed by atoms with Crippen molar-refractivity contribution in [2.75, 3.05) is 6.54 Å². The van der Waals surface area contributed by atoms with E-state index in [1.807, 2.05) is 0 Å². The zero-order valence-corrected chi connectivity index (χ0v) is 8.60. The Labute approximate surface area is 82.7 Å². The Morgan fingerprint density at radius 1 is 1.62 bits per heavy atom. The standard InChI is InChI=1S/C10H14N2S/c1-8(9-4-3-7-13-9)12-6-2-5-10(12)11/h3-4,7-8,11H,2,5-6H2,1H3.